The average Bonchev–Trinajstić information content (AvgIpc) is 2.41. The molecule has 0 spiro atoms. The molecule has 0 aliphatic carbocycles. The van der Waals surface area contributed by atoms with Crippen molar-refractivity contribution in [3.8, 4) is 0 Å². The third kappa shape index (κ3) is 3.70. The molecule has 0 aromatic carbocycles. The highest BCUT2D eigenvalue weighted by molar-refractivity contribution is 5.86. The fraction of sp³-hybridized carbons (Fsp3) is 0.846. The Labute approximate surface area is 109 Å². The molecule has 1 heterocycles. The lowest BCUT2D eigenvalue weighted by atomic mass is 10.1. The summed E-state index contributed by atoms with van der Waals surface area (Å²) in [6, 6.07) is -0.276. The zero-order valence-electron chi connectivity index (χ0n) is 11.6. The van der Waals surface area contributed by atoms with Crippen molar-refractivity contribution < 1.29 is 14.7 Å². The normalized spacial score (nSPS) is 26.2. The Hall–Kier alpha value is -1.10. The summed E-state index contributed by atoms with van der Waals surface area (Å²) < 4.78 is 0. The number of carboxylic acid groups (broad SMARTS) is 1. The summed E-state index contributed by atoms with van der Waals surface area (Å²) in [5, 5.41) is 8.94. The molecule has 1 aliphatic heterocycles. The van der Waals surface area contributed by atoms with Gasteiger partial charge < -0.3 is 10.0 Å². The van der Waals surface area contributed by atoms with Crippen molar-refractivity contribution in [1.29, 1.82) is 0 Å². The van der Waals surface area contributed by atoms with Crippen LogP contribution in [0, 0.1) is 0 Å². The van der Waals surface area contributed by atoms with E-state index >= 15 is 0 Å². The number of unbranched alkanes of at least 4 members (excludes halogenated alkanes) is 1. The van der Waals surface area contributed by atoms with Gasteiger partial charge in [0.2, 0.25) is 5.91 Å². The lowest BCUT2D eigenvalue weighted by Crippen LogP contribution is -2.47. The summed E-state index contributed by atoms with van der Waals surface area (Å²) in [6.45, 7) is 5.61. The molecule has 1 N–H and O–H groups in total. The second-order valence-electron chi connectivity index (χ2n) is 5.10. The van der Waals surface area contributed by atoms with Crippen LogP contribution in [0.4, 0.5) is 0 Å². The molecule has 1 fully saturated rings. The highest BCUT2D eigenvalue weighted by atomic mass is 16.4. The Kier molecular flexibility index (Phi) is 5.59. The molecule has 18 heavy (non-hydrogen) atoms. The van der Waals surface area contributed by atoms with E-state index in [1.807, 2.05) is 23.8 Å². The number of amides is 1. The third-order valence-electron chi connectivity index (χ3n) is 3.75. The number of carbonyl (C=O) groups excluding carboxylic acids is 1. The van der Waals surface area contributed by atoms with Crippen LogP contribution in [0.25, 0.3) is 0 Å². The summed E-state index contributed by atoms with van der Waals surface area (Å²) in [5.41, 5.74) is 0. The number of rotatable bonds is 5. The number of nitrogens with zero attached hydrogens (tertiary/aromatic N) is 2. The van der Waals surface area contributed by atoms with Crippen molar-refractivity contribution in [1.82, 2.24) is 9.80 Å². The molecule has 0 aromatic heterocycles. The first-order chi connectivity index (χ1) is 8.47. The van der Waals surface area contributed by atoms with E-state index in [9.17, 15) is 9.59 Å². The Morgan fingerprint density at radius 1 is 1.50 bits per heavy atom. The minimum absolute atomic E-state index is 0.0299. The number of carboxylic acids is 1. The fourth-order valence-corrected chi connectivity index (χ4v) is 2.32. The molecular weight excluding hydrogens is 232 g/mol. The molecule has 1 saturated heterocycles. The summed E-state index contributed by atoms with van der Waals surface area (Å²) >= 11 is 0. The standard InChI is InChI=1S/C13H24N2O3/c1-4-5-7-15-8-6-10(2)14(3)11(13(15)18)9-12(16)17/h10-11H,4-9H2,1-3H3,(H,16,17). The zero-order valence-corrected chi connectivity index (χ0v) is 11.6. The van der Waals surface area contributed by atoms with Crippen molar-refractivity contribution in [3.63, 3.8) is 0 Å². The first-order valence-corrected chi connectivity index (χ1v) is 6.69. The Balaban J connectivity index is 2.80. The predicted octanol–water partition coefficient (Wildman–Crippen LogP) is 1.18. The third-order valence-corrected chi connectivity index (χ3v) is 3.75. The Bertz CT molecular complexity index is 307. The molecule has 1 amide bonds. The lowest BCUT2D eigenvalue weighted by molar-refractivity contribution is -0.144. The molecule has 5 nitrogen and oxygen atoms in total. The minimum Gasteiger partial charge on any atom is -0.481 e. The van der Waals surface area contributed by atoms with Gasteiger partial charge in [-0.15, -0.1) is 0 Å². The topological polar surface area (TPSA) is 60.9 Å². The van der Waals surface area contributed by atoms with E-state index in [0.717, 1.165) is 32.4 Å². The van der Waals surface area contributed by atoms with Gasteiger partial charge in [0.05, 0.1) is 12.5 Å². The highest BCUT2D eigenvalue weighted by Gasteiger charge is 2.34. The maximum atomic E-state index is 12.4. The van der Waals surface area contributed by atoms with E-state index < -0.39 is 12.0 Å². The summed E-state index contributed by atoms with van der Waals surface area (Å²) in [5.74, 6) is -0.942. The van der Waals surface area contributed by atoms with E-state index in [1.165, 1.54) is 0 Å². The van der Waals surface area contributed by atoms with E-state index in [2.05, 4.69) is 6.92 Å². The molecule has 0 bridgehead atoms. The van der Waals surface area contributed by atoms with Gasteiger partial charge in [0.1, 0.15) is 0 Å². The van der Waals surface area contributed by atoms with Crippen LogP contribution in [-0.4, -0.2) is 59.0 Å². The zero-order chi connectivity index (χ0) is 13.7. The maximum absolute atomic E-state index is 12.4. The number of hydrogen-bond acceptors (Lipinski definition) is 3. The molecule has 0 saturated carbocycles. The summed E-state index contributed by atoms with van der Waals surface area (Å²) in [4.78, 5) is 27.0. The van der Waals surface area contributed by atoms with Crippen LogP contribution in [0.15, 0.2) is 0 Å². The fourth-order valence-electron chi connectivity index (χ4n) is 2.32. The molecule has 2 unspecified atom stereocenters. The maximum Gasteiger partial charge on any atom is 0.305 e. The van der Waals surface area contributed by atoms with Gasteiger partial charge >= 0.3 is 5.97 Å². The summed E-state index contributed by atoms with van der Waals surface area (Å²) in [7, 11) is 1.85. The van der Waals surface area contributed by atoms with Gasteiger partial charge in [-0.3, -0.25) is 14.5 Å². The first-order valence-electron chi connectivity index (χ1n) is 6.69. The van der Waals surface area contributed by atoms with Crippen LogP contribution in [0.1, 0.15) is 39.5 Å². The number of hydrogen-bond donors (Lipinski definition) is 1. The van der Waals surface area contributed by atoms with E-state index in [-0.39, 0.29) is 18.4 Å². The van der Waals surface area contributed by atoms with Crippen LogP contribution in [-0.2, 0) is 9.59 Å². The minimum atomic E-state index is -0.912. The van der Waals surface area contributed by atoms with Crippen LogP contribution < -0.4 is 0 Å². The van der Waals surface area contributed by atoms with Crippen LogP contribution >= 0.6 is 0 Å². The number of aliphatic carboxylic acids is 1. The number of likely N-dealkylation sites (N-methyl/N-ethyl adjacent to an activating group) is 1. The van der Waals surface area contributed by atoms with Crippen molar-refractivity contribution in [2.45, 2.75) is 51.6 Å². The van der Waals surface area contributed by atoms with E-state index in [4.69, 9.17) is 5.11 Å². The Morgan fingerprint density at radius 2 is 2.17 bits per heavy atom. The smallest absolute Gasteiger partial charge is 0.305 e. The van der Waals surface area contributed by atoms with Crippen molar-refractivity contribution in [3.05, 3.63) is 0 Å². The first kappa shape index (κ1) is 15.0. The van der Waals surface area contributed by atoms with Gasteiger partial charge in [-0.2, -0.15) is 0 Å². The second kappa shape index (κ2) is 6.73. The molecular formula is C13H24N2O3. The van der Waals surface area contributed by atoms with Gasteiger partial charge in [0.25, 0.3) is 0 Å². The Morgan fingerprint density at radius 3 is 2.72 bits per heavy atom. The molecule has 104 valence electrons. The predicted molar refractivity (Wildman–Crippen MR) is 69.4 cm³/mol. The van der Waals surface area contributed by atoms with Gasteiger partial charge in [0.15, 0.2) is 0 Å². The molecule has 1 aliphatic rings. The number of carbonyl (C=O) groups is 2. The van der Waals surface area contributed by atoms with Crippen molar-refractivity contribution in [2.24, 2.45) is 0 Å². The monoisotopic (exact) mass is 256 g/mol. The van der Waals surface area contributed by atoms with Gasteiger partial charge in [-0.25, -0.2) is 0 Å². The van der Waals surface area contributed by atoms with Crippen molar-refractivity contribution in [2.75, 3.05) is 20.1 Å². The molecule has 2 atom stereocenters. The highest BCUT2D eigenvalue weighted by Crippen LogP contribution is 2.18. The van der Waals surface area contributed by atoms with Gasteiger partial charge in [-0.05, 0) is 26.8 Å². The quantitative estimate of drug-likeness (QED) is 0.802. The largest absolute Gasteiger partial charge is 0.481 e. The van der Waals surface area contributed by atoms with Gasteiger partial charge in [0, 0.05) is 19.1 Å². The lowest BCUT2D eigenvalue weighted by Gasteiger charge is -2.29. The summed E-state index contributed by atoms with van der Waals surface area (Å²) in [6.07, 6.45) is 2.81. The molecule has 0 aromatic rings. The van der Waals surface area contributed by atoms with Crippen molar-refractivity contribution >= 4 is 11.9 Å². The van der Waals surface area contributed by atoms with Crippen LogP contribution in [0.2, 0.25) is 0 Å². The SMILES string of the molecule is CCCCN1CCC(C)N(C)C(CC(=O)O)C1=O. The molecule has 1 rings (SSSR count). The average molecular weight is 256 g/mol. The van der Waals surface area contributed by atoms with Gasteiger partial charge in [-0.1, -0.05) is 13.3 Å². The van der Waals surface area contributed by atoms with Crippen LogP contribution in [0.3, 0.4) is 0 Å². The van der Waals surface area contributed by atoms with Crippen LogP contribution in [0.5, 0.6) is 0 Å². The molecule has 0 radical (unpaired) electrons. The van der Waals surface area contributed by atoms with E-state index in [0.29, 0.717) is 0 Å². The molecule has 5 heteroatoms. The van der Waals surface area contributed by atoms with E-state index in [1.54, 1.807) is 0 Å². The second-order valence-corrected chi connectivity index (χ2v) is 5.10.